The molecule has 1 N–H and O–H groups in total. The Balaban J connectivity index is 1.98. The van der Waals surface area contributed by atoms with Crippen molar-refractivity contribution in [2.45, 2.75) is 57.9 Å². The Morgan fingerprint density at radius 1 is 1.20 bits per heavy atom. The van der Waals surface area contributed by atoms with E-state index in [2.05, 4.69) is 30.4 Å². The summed E-state index contributed by atoms with van der Waals surface area (Å²) in [5.41, 5.74) is 1.31. The molecule has 0 heterocycles. The van der Waals surface area contributed by atoms with E-state index in [1.165, 1.54) is 50.5 Å². The fourth-order valence-electron chi connectivity index (χ4n) is 3.45. The minimum absolute atomic E-state index is 0.429. The molecule has 1 fully saturated rings. The molecule has 20 heavy (non-hydrogen) atoms. The first-order chi connectivity index (χ1) is 9.85. The summed E-state index contributed by atoms with van der Waals surface area (Å²) in [7, 11) is 1.77. The van der Waals surface area contributed by atoms with Crippen LogP contribution in [-0.2, 0) is 0 Å². The standard InChI is InChI=1S/C18H29NO/c1-3-19-17(14-13-15-9-5-4-6-10-15)16-11-7-8-12-18(16)20-2/h7-8,11-12,15,17,19H,3-6,9-10,13-14H2,1-2H3. The molecule has 0 spiro atoms. The lowest BCUT2D eigenvalue weighted by molar-refractivity contribution is 0.312. The summed E-state index contributed by atoms with van der Waals surface area (Å²) in [6.45, 7) is 3.19. The molecular formula is C18H29NO. The molecule has 1 aliphatic carbocycles. The van der Waals surface area contributed by atoms with E-state index in [9.17, 15) is 0 Å². The maximum atomic E-state index is 5.52. The highest BCUT2D eigenvalue weighted by molar-refractivity contribution is 5.35. The first kappa shape index (κ1) is 15.4. The van der Waals surface area contributed by atoms with Crippen molar-refractivity contribution >= 4 is 0 Å². The van der Waals surface area contributed by atoms with Crippen molar-refractivity contribution in [1.29, 1.82) is 0 Å². The van der Waals surface area contributed by atoms with Gasteiger partial charge in [-0.25, -0.2) is 0 Å². The zero-order valence-corrected chi connectivity index (χ0v) is 13.0. The van der Waals surface area contributed by atoms with E-state index in [1.807, 2.05) is 6.07 Å². The van der Waals surface area contributed by atoms with Crippen LogP contribution in [0.3, 0.4) is 0 Å². The molecule has 1 aromatic carbocycles. The molecule has 1 aliphatic rings. The van der Waals surface area contributed by atoms with Crippen molar-refractivity contribution in [3.8, 4) is 5.75 Å². The maximum Gasteiger partial charge on any atom is 0.123 e. The molecule has 0 aliphatic heterocycles. The summed E-state index contributed by atoms with van der Waals surface area (Å²) in [5, 5.41) is 3.63. The van der Waals surface area contributed by atoms with Gasteiger partial charge in [-0.3, -0.25) is 0 Å². The van der Waals surface area contributed by atoms with Gasteiger partial charge in [0, 0.05) is 11.6 Å². The van der Waals surface area contributed by atoms with Crippen LogP contribution in [0.1, 0.15) is 63.5 Å². The van der Waals surface area contributed by atoms with Crippen molar-refractivity contribution in [2.75, 3.05) is 13.7 Å². The molecule has 0 aromatic heterocycles. The average Bonchev–Trinajstić information content (AvgIpc) is 2.52. The van der Waals surface area contributed by atoms with Crippen LogP contribution in [0.4, 0.5) is 0 Å². The molecule has 1 aromatic rings. The Bertz CT molecular complexity index is 385. The van der Waals surface area contributed by atoms with Gasteiger partial charge in [-0.15, -0.1) is 0 Å². The third kappa shape index (κ3) is 4.24. The van der Waals surface area contributed by atoms with Gasteiger partial charge in [0.2, 0.25) is 0 Å². The third-order valence-electron chi connectivity index (χ3n) is 4.55. The van der Waals surface area contributed by atoms with Crippen molar-refractivity contribution in [3.05, 3.63) is 29.8 Å². The number of hydrogen-bond acceptors (Lipinski definition) is 2. The highest BCUT2D eigenvalue weighted by Crippen LogP contribution is 2.33. The molecule has 2 rings (SSSR count). The van der Waals surface area contributed by atoms with Gasteiger partial charge in [0.05, 0.1) is 7.11 Å². The van der Waals surface area contributed by atoms with E-state index in [-0.39, 0.29) is 0 Å². The second-order valence-electron chi connectivity index (χ2n) is 5.93. The van der Waals surface area contributed by atoms with Crippen molar-refractivity contribution in [2.24, 2.45) is 5.92 Å². The molecule has 1 unspecified atom stereocenters. The maximum absolute atomic E-state index is 5.52. The largest absolute Gasteiger partial charge is 0.496 e. The van der Waals surface area contributed by atoms with E-state index in [1.54, 1.807) is 7.11 Å². The van der Waals surface area contributed by atoms with Gasteiger partial charge in [0.25, 0.3) is 0 Å². The number of methoxy groups -OCH3 is 1. The highest BCUT2D eigenvalue weighted by Gasteiger charge is 2.18. The summed E-state index contributed by atoms with van der Waals surface area (Å²) >= 11 is 0. The Labute approximate surface area is 123 Å². The Morgan fingerprint density at radius 2 is 1.95 bits per heavy atom. The van der Waals surface area contributed by atoms with Crippen LogP contribution in [0.2, 0.25) is 0 Å². The third-order valence-corrected chi connectivity index (χ3v) is 4.55. The molecule has 0 saturated heterocycles. The van der Waals surface area contributed by atoms with Gasteiger partial charge in [0.1, 0.15) is 5.75 Å². The number of rotatable bonds is 7. The second-order valence-corrected chi connectivity index (χ2v) is 5.93. The van der Waals surface area contributed by atoms with Crippen LogP contribution >= 0.6 is 0 Å². The molecule has 2 heteroatoms. The minimum Gasteiger partial charge on any atom is -0.496 e. The molecule has 1 atom stereocenters. The van der Waals surface area contributed by atoms with Gasteiger partial charge in [-0.1, -0.05) is 57.2 Å². The molecule has 0 bridgehead atoms. The zero-order chi connectivity index (χ0) is 14.2. The smallest absolute Gasteiger partial charge is 0.123 e. The normalized spacial score (nSPS) is 17.9. The van der Waals surface area contributed by atoms with Crippen molar-refractivity contribution < 1.29 is 4.74 Å². The Morgan fingerprint density at radius 3 is 2.65 bits per heavy atom. The second kappa shape index (κ2) is 8.31. The Hall–Kier alpha value is -1.02. The fraction of sp³-hybridized carbons (Fsp3) is 0.667. The number of para-hydroxylation sites is 1. The lowest BCUT2D eigenvalue weighted by Gasteiger charge is -2.25. The molecule has 112 valence electrons. The highest BCUT2D eigenvalue weighted by atomic mass is 16.5. The lowest BCUT2D eigenvalue weighted by atomic mass is 9.84. The van der Waals surface area contributed by atoms with Gasteiger partial charge in [0.15, 0.2) is 0 Å². The van der Waals surface area contributed by atoms with Gasteiger partial charge in [-0.2, -0.15) is 0 Å². The average molecular weight is 275 g/mol. The number of hydrogen-bond donors (Lipinski definition) is 1. The summed E-state index contributed by atoms with van der Waals surface area (Å²) in [5.74, 6) is 1.96. The topological polar surface area (TPSA) is 21.3 Å². The van der Waals surface area contributed by atoms with E-state index in [0.29, 0.717) is 6.04 Å². The Kier molecular flexibility index (Phi) is 6.38. The van der Waals surface area contributed by atoms with Crippen LogP contribution in [-0.4, -0.2) is 13.7 Å². The molecule has 0 radical (unpaired) electrons. The fourth-order valence-corrected chi connectivity index (χ4v) is 3.45. The molecular weight excluding hydrogens is 246 g/mol. The molecule has 1 saturated carbocycles. The first-order valence-corrected chi connectivity index (χ1v) is 8.21. The summed E-state index contributed by atoms with van der Waals surface area (Å²) in [6, 6.07) is 8.86. The van der Waals surface area contributed by atoms with Gasteiger partial charge in [-0.05, 0) is 31.4 Å². The van der Waals surface area contributed by atoms with Crippen LogP contribution in [0, 0.1) is 5.92 Å². The van der Waals surface area contributed by atoms with E-state index >= 15 is 0 Å². The molecule has 2 nitrogen and oxygen atoms in total. The van der Waals surface area contributed by atoms with Gasteiger partial charge >= 0.3 is 0 Å². The van der Waals surface area contributed by atoms with Crippen LogP contribution in [0.15, 0.2) is 24.3 Å². The van der Waals surface area contributed by atoms with Crippen molar-refractivity contribution in [3.63, 3.8) is 0 Å². The SMILES string of the molecule is CCNC(CCC1CCCCC1)c1ccccc1OC. The van der Waals surface area contributed by atoms with Gasteiger partial charge < -0.3 is 10.1 Å². The number of benzene rings is 1. The minimum atomic E-state index is 0.429. The van der Waals surface area contributed by atoms with E-state index < -0.39 is 0 Å². The van der Waals surface area contributed by atoms with Crippen LogP contribution in [0.5, 0.6) is 5.75 Å². The van der Waals surface area contributed by atoms with E-state index in [4.69, 9.17) is 4.74 Å². The lowest BCUT2D eigenvalue weighted by Crippen LogP contribution is -2.22. The quantitative estimate of drug-likeness (QED) is 0.778. The van der Waals surface area contributed by atoms with Crippen molar-refractivity contribution in [1.82, 2.24) is 5.32 Å². The monoisotopic (exact) mass is 275 g/mol. The van der Waals surface area contributed by atoms with E-state index in [0.717, 1.165) is 18.2 Å². The predicted molar refractivity (Wildman–Crippen MR) is 85.2 cm³/mol. The zero-order valence-electron chi connectivity index (χ0n) is 13.0. The van der Waals surface area contributed by atoms with Crippen LogP contribution in [0.25, 0.3) is 0 Å². The first-order valence-electron chi connectivity index (χ1n) is 8.21. The number of ether oxygens (including phenoxy) is 1. The van der Waals surface area contributed by atoms with Crippen LogP contribution < -0.4 is 10.1 Å². The summed E-state index contributed by atoms with van der Waals surface area (Å²) in [6.07, 6.45) is 9.75. The molecule has 0 amide bonds. The number of nitrogens with one attached hydrogen (secondary N) is 1. The predicted octanol–water partition coefficient (Wildman–Crippen LogP) is 4.71. The summed E-state index contributed by atoms with van der Waals surface area (Å²) in [4.78, 5) is 0. The summed E-state index contributed by atoms with van der Waals surface area (Å²) < 4.78 is 5.52.